The Bertz CT molecular complexity index is 510. The van der Waals surface area contributed by atoms with Crippen LogP contribution < -0.4 is 11.1 Å². The van der Waals surface area contributed by atoms with E-state index in [1.165, 1.54) is 18.4 Å². The molecule has 0 saturated heterocycles. The molecule has 1 aromatic rings. The lowest BCUT2D eigenvalue weighted by molar-refractivity contribution is 0.520. The van der Waals surface area contributed by atoms with Crippen molar-refractivity contribution in [2.45, 2.75) is 24.3 Å². The van der Waals surface area contributed by atoms with Gasteiger partial charge in [0, 0.05) is 26.2 Å². The summed E-state index contributed by atoms with van der Waals surface area (Å²) in [6, 6.07) is 6.83. The van der Waals surface area contributed by atoms with E-state index in [0.29, 0.717) is 12.2 Å². The van der Waals surface area contributed by atoms with Crippen LogP contribution in [-0.4, -0.2) is 38.9 Å². The van der Waals surface area contributed by atoms with Gasteiger partial charge in [-0.3, -0.25) is 0 Å². The van der Waals surface area contributed by atoms with E-state index < -0.39 is 10.0 Å². The molecule has 0 aromatic heterocycles. The summed E-state index contributed by atoms with van der Waals surface area (Å²) in [5.41, 5.74) is 5.86. The van der Waals surface area contributed by atoms with Crippen molar-refractivity contribution >= 4 is 15.7 Å². The third kappa shape index (κ3) is 3.22. The van der Waals surface area contributed by atoms with E-state index in [2.05, 4.69) is 5.32 Å². The van der Waals surface area contributed by atoms with Crippen molar-refractivity contribution in [3.05, 3.63) is 24.3 Å². The van der Waals surface area contributed by atoms with Crippen LogP contribution in [0.2, 0.25) is 0 Å². The number of para-hydroxylation sites is 1. The first-order valence-corrected chi connectivity index (χ1v) is 7.14. The maximum absolute atomic E-state index is 12.2. The summed E-state index contributed by atoms with van der Waals surface area (Å²) in [5, 5.41) is 3.17. The molecule has 0 radical (unpaired) electrons. The molecule has 3 N–H and O–H groups in total. The predicted octanol–water partition coefficient (Wildman–Crippen LogP) is 1.09. The van der Waals surface area contributed by atoms with Crippen LogP contribution in [0.3, 0.4) is 0 Å². The number of hydrogen-bond donors (Lipinski definition) is 2. The molecule has 0 unspecified atom stereocenters. The molecule has 0 aliphatic heterocycles. The van der Waals surface area contributed by atoms with Crippen LogP contribution in [0, 0.1) is 0 Å². The second-order valence-corrected chi connectivity index (χ2v) is 7.12. The largest absolute Gasteiger partial charge is 0.378 e. The zero-order valence-electron chi connectivity index (χ0n) is 11.3. The topological polar surface area (TPSA) is 75.4 Å². The van der Waals surface area contributed by atoms with E-state index in [-0.39, 0.29) is 10.4 Å². The summed E-state index contributed by atoms with van der Waals surface area (Å²) >= 11 is 0. The second kappa shape index (κ2) is 5.26. The molecular weight excluding hydrogens is 250 g/mol. The number of benzene rings is 1. The molecule has 0 fully saturated rings. The summed E-state index contributed by atoms with van der Waals surface area (Å²) in [5.74, 6) is 0. The quantitative estimate of drug-likeness (QED) is 0.840. The molecule has 0 atom stereocenters. The molecule has 0 heterocycles. The van der Waals surface area contributed by atoms with E-state index in [1.807, 2.05) is 13.8 Å². The minimum atomic E-state index is -3.46. The minimum Gasteiger partial charge on any atom is -0.378 e. The Morgan fingerprint density at radius 1 is 1.28 bits per heavy atom. The van der Waals surface area contributed by atoms with Gasteiger partial charge in [0.25, 0.3) is 0 Å². The van der Waals surface area contributed by atoms with Gasteiger partial charge in [-0.2, -0.15) is 0 Å². The highest BCUT2D eigenvalue weighted by Crippen LogP contribution is 2.25. The van der Waals surface area contributed by atoms with E-state index in [1.54, 1.807) is 24.3 Å². The van der Waals surface area contributed by atoms with Crippen molar-refractivity contribution in [1.29, 1.82) is 0 Å². The number of sulfonamides is 1. The van der Waals surface area contributed by atoms with Crippen LogP contribution in [0.5, 0.6) is 0 Å². The van der Waals surface area contributed by atoms with Gasteiger partial charge < -0.3 is 11.1 Å². The summed E-state index contributed by atoms with van der Waals surface area (Å²) in [6.07, 6.45) is 0. The molecular formula is C12H21N3O2S. The number of anilines is 1. The SMILES string of the molecule is CN(C)S(=O)(=O)c1ccccc1NC(C)(C)CN. The third-order valence-corrected chi connectivity index (χ3v) is 4.50. The van der Waals surface area contributed by atoms with Gasteiger partial charge in [-0.1, -0.05) is 12.1 Å². The van der Waals surface area contributed by atoms with Crippen LogP contribution >= 0.6 is 0 Å². The average Bonchev–Trinajstić information content (AvgIpc) is 2.29. The van der Waals surface area contributed by atoms with Crippen LogP contribution in [-0.2, 0) is 10.0 Å². The average molecular weight is 271 g/mol. The number of nitrogens with two attached hydrogens (primary N) is 1. The predicted molar refractivity (Wildman–Crippen MR) is 74.1 cm³/mol. The Labute approximate surface area is 109 Å². The molecule has 1 aromatic carbocycles. The van der Waals surface area contributed by atoms with Crippen LogP contribution in [0.25, 0.3) is 0 Å². The summed E-state index contributed by atoms with van der Waals surface area (Å²) in [7, 11) is -0.430. The fraction of sp³-hybridized carbons (Fsp3) is 0.500. The molecule has 1 rings (SSSR count). The lowest BCUT2D eigenvalue weighted by Gasteiger charge is -2.27. The van der Waals surface area contributed by atoms with Crippen molar-refractivity contribution in [2.24, 2.45) is 5.73 Å². The fourth-order valence-corrected chi connectivity index (χ4v) is 2.45. The maximum Gasteiger partial charge on any atom is 0.244 e. The standard InChI is InChI=1S/C12H21N3O2S/c1-12(2,9-13)14-10-7-5-6-8-11(10)18(16,17)15(3)4/h5-8,14H,9,13H2,1-4H3. The van der Waals surface area contributed by atoms with Crippen molar-refractivity contribution in [3.63, 3.8) is 0 Å². The highest BCUT2D eigenvalue weighted by atomic mass is 32.2. The number of nitrogens with one attached hydrogen (secondary N) is 1. The van der Waals surface area contributed by atoms with Gasteiger partial charge in [0.05, 0.1) is 5.69 Å². The number of rotatable bonds is 5. The van der Waals surface area contributed by atoms with Crippen LogP contribution in [0.1, 0.15) is 13.8 Å². The summed E-state index contributed by atoms with van der Waals surface area (Å²) in [6.45, 7) is 4.25. The first-order chi connectivity index (χ1) is 8.20. The smallest absolute Gasteiger partial charge is 0.244 e. The van der Waals surface area contributed by atoms with Gasteiger partial charge >= 0.3 is 0 Å². The Kier molecular flexibility index (Phi) is 4.37. The van der Waals surface area contributed by atoms with Crippen LogP contribution in [0.4, 0.5) is 5.69 Å². The molecule has 0 aliphatic carbocycles. The zero-order valence-corrected chi connectivity index (χ0v) is 12.1. The number of nitrogens with zero attached hydrogens (tertiary/aromatic N) is 1. The maximum atomic E-state index is 12.2. The van der Waals surface area contributed by atoms with Crippen molar-refractivity contribution < 1.29 is 8.42 Å². The van der Waals surface area contributed by atoms with Gasteiger partial charge in [-0.15, -0.1) is 0 Å². The molecule has 0 bridgehead atoms. The molecule has 0 spiro atoms. The first kappa shape index (κ1) is 14.9. The number of hydrogen-bond acceptors (Lipinski definition) is 4. The van der Waals surface area contributed by atoms with Crippen LogP contribution in [0.15, 0.2) is 29.2 Å². The van der Waals surface area contributed by atoms with Gasteiger partial charge in [0.2, 0.25) is 10.0 Å². The van der Waals surface area contributed by atoms with Crippen molar-refractivity contribution in [2.75, 3.05) is 26.0 Å². The Morgan fingerprint density at radius 3 is 2.33 bits per heavy atom. The highest BCUT2D eigenvalue weighted by Gasteiger charge is 2.24. The normalized spacial score (nSPS) is 12.8. The van der Waals surface area contributed by atoms with Gasteiger partial charge in [0.1, 0.15) is 4.90 Å². The molecule has 18 heavy (non-hydrogen) atoms. The highest BCUT2D eigenvalue weighted by molar-refractivity contribution is 7.89. The monoisotopic (exact) mass is 271 g/mol. The summed E-state index contributed by atoms with van der Waals surface area (Å²) < 4.78 is 25.6. The first-order valence-electron chi connectivity index (χ1n) is 5.70. The van der Waals surface area contributed by atoms with Crippen molar-refractivity contribution in [1.82, 2.24) is 4.31 Å². The van der Waals surface area contributed by atoms with E-state index in [9.17, 15) is 8.42 Å². The van der Waals surface area contributed by atoms with Gasteiger partial charge in [-0.25, -0.2) is 12.7 Å². The molecule has 0 aliphatic rings. The zero-order chi connectivity index (χ0) is 14.0. The molecule has 5 nitrogen and oxygen atoms in total. The van der Waals surface area contributed by atoms with Gasteiger partial charge in [-0.05, 0) is 26.0 Å². The molecule has 0 amide bonds. The third-order valence-electron chi connectivity index (χ3n) is 2.63. The Hall–Kier alpha value is -1.11. The molecule has 0 saturated carbocycles. The molecule has 6 heteroatoms. The van der Waals surface area contributed by atoms with Gasteiger partial charge in [0.15, 0.2) is 0 Å². The van der Waals surface area contributed by atoms with E-state index in [0.717, 1.165) is 0 Å². The lowest BCUT2D eigenvalue weighted by Crippen LogP contribution is -2.39. The second-order valence-electron chi connectivity index (χ2n) is 5.00. The Morgan fingerprint density at radius 2 is 1.83 bits per heavy atom. The molecule has 102 valence electrons. The lowest BCUT2D eigenvalue weighted by atomic mass is 10.1. The minimum absolute atomic E-state index is 0.261. The fourth-order valence-electron chi connectivity index (χ4n) is 1.41. The Balaban J connectivity index is 3.24. The van der Waals surface area contributed by atoms with Crippen molar-refractivity contribution in [3.8, 4) is 0 Å². The summed E-state index contributed by atoms with van der Waals surface area (Å²) in [4.78, 5) is 0.261. The van der Waals surface area contributed by atoms with E-state index >= 15 is 0 Å². The van der Waals surface area contributed by atoms with E-state index in [4.69, 9.17) is 5.73 Å².